The summed E-state index contributed by atoms with van der Waals surface area (Å²) in [7, 11) is 0. The minimum atomic E-state index is -0.439. The van der Waals surface area contributed by atoms with Gasteiger partial charge < -0.3 is 14.4 Å². The van der Waals surface area contributed by atoms with Gasteiger partial charge in [-0.15, -0.1) is 0 Å². The Morgan fingerprint density at radius 1 is 1.28 bits per heavy atom. The van der Waals surface area contributed by atoms with Gasteiger partial charge in [-0.05, 0) is 40.0 Å². The molecule has 2 rings (SSSR count). The van der Waals surface area contributed by atoms with Crippen molar-refractivity contribution in [1.29, 1.82) is 0 Å². The van der Waals surface area contributed by atoms with Crippen LogP contribution in [0.3, 0.4) is 0 Å². The summed E-state index contributed by atoms with van der Waals surface area (Å²) < 4.78 is 11.3. The Balaban J connectivity index is 1.83. The first kappa shape index (κ1) is 14.1. The smallest absolute Gasteiger partial charge is 0.410 e. The Kier molecular flexibility index (Phi) is 4.22. The molecule has 1 aliphatic heterocycles. The third-order valence-electron chi connectivity index (χ3n) is 3.27. The van der Waals surface area contributed by atoms with Crippen molar-refractivity contribution in [1.82, 2.24) is 4.90 Å². The second kappa shape index (κ2) is 5.37. The Bertz CT molecular complexity index is 312. The number of rotatable bonds is 2. The van der Waals surface area contributed by atoms with Crippen molar-refractivity contribution in [2.24, 2.45) is 0 Å². The summed E-state index contributed by atoms with van der Waals surface area (Å²) in [5.41, 5.74) is -0.439. The maximum atomic E-state index is 11.9. The highest BCUT2D eigenvalue weighted by Crippen LogP contribution is 2.29. The summed E-state index contributed by atoms with van der Waals surface area (Å²) in [6, 6.07) is 0. The van der Waals surface area contributed by atoms with E-state index in [1.165, 1.54) is 6.42 Å². The van der Waals surface area contributed by atoms with Crippen LogP contribution in [0.1, 0.15) is 40.0 Å². The molecule has 1 heterocycles. The Hall–Kier alpha value is -0.290. The van der Waals surface area contributed by atoms with Crippen LogP contribution in [0, 0.1) is 0 Å². The van der Waals surface area contributed by atoms with E-state index in [1.807, 2.05) is 20.8 Å². The van der Waals surface area contributed by atoms with Gasteiger partial charge in [-0.25, -0.2) is 4.79 Å². The fraction of sp³-hybridized carbons (Fsp3) is 0.923. The molecule has 1 saturated carbocycles. The van der Waals surface area contributed by atoms with Gasteiger partial charge >= 0.3 is 6.09 Å². The van der Waals surface area contributed by atoms with Crippen molar-refractivity contribution in [3.05, 3.63) is 0 Å². The lowest BCUT2D eigenvalue weighted by molar-refractivity contribution is -0.0445. The second-order valence-corrected chi connectivity index (χ2v) is 7.30. The maximum Gasteiger partial charge on any atom is 0.410 e. The van der Waals surface area contributed by atoms with Gasteiger partial charge in [-0.1, -0.05) is 15.9 Å². The number of nitrogens with zero attached hydrogens (tertiary/aromatic N) is 1. The molecule has 0 aromatic carbocycles. The molecular weight excluding hydrogens is 298 g/mol. The molecule has 104 valence electrons. The van der Waals surface area contributed by atoms with E-state index < -0.39 is 5.60 Å². The number of carbonyl (C=O) groups is 1. The number of halogens is 1. The second-order valence-electron chi connectivity index (χ2n) is 6.13. The van der Waals surface area contributed by atoms with Gasteiger partial charge in [0, 0.05) is 6.54 Å². The number of likely N-dealkylation sites (tertiary alicyclic amines) is 1. The van der Waals surface area contributed by atoms with E-state index in [0.29, 0.717) is 19.2 Å². The molecule has 4 nitrogen and oxygen atoms in total. The summed E-state index contributed by atoms with van der Waals surface area (Å²) in [6.45, 7) is 6.94. The van der Waals surface area contributed by atoms with Crippen LogP contribution in [0.25, 0.3) is 0 Å². The molecule has 1 aliphatic carbocycles. The van der Waals surface area contributed by atoms with Crippen LogP contribution < -0.4 is 0 Å². The van der Waals surface area contributed by atoms with Crippen LogP contribution in [0.5, 0.6) is 0 Å². The topological polar surface area (TPSA) is 38.8 Å². The minimum Gasteiger partial charge on any atom is -0.444 e. The molecule has 2 fully saturated rings. The zero-order chi connectivity index (χ0) is 13.3. The molecule has 1 amide bonds. The number of amides is 1. The van der Waals surface area contributed by atoms with Crippen LogP contribution in [0.4, 0.5) is 4.79 Å². The predicted octanol–water partition coefficient (Wildman–Crippen LogP) is 2.94. The minimum absolute atomic E-state index is 0.0998. The van der Waals surface area contributed by atoms with Gasteiger partial charge in [0.05, 0.1) is 23.6 Å². The van der Waals surface area contributed by atoms with Gasteiger partial charge in [0.2, 0.25) is 0 Å². The zero-order valence-electron chi connectivity index (χ0n) is 11.3. The maximum absolute atomic E-state index is 11.9. The van der Waals surface area contributed by atoms with Crippen molar-refractivity contribution in [3.63, 3.8) is 0 Å². The molecule has 0 aromatic rings. The van der Waals surface area contributed by atoms with Crippen molar-refractivity contribution in [2.75, 3.05) is 13.1 Å². The van der Waals surface area contributed by atoms with Crippen LogP contribution in [-0.4, -0.2) is 46.7 Å². The Morgan fingerprint density at radius 3 is 2.44 bits per heavy atom. The van der Waals surface area contributed by atoms with Gasteiger partial charge in [0.25, 0.3) is 0 Å². The molecule has 0 N–H and O–H groups in total. The molecule has 0 spiro atoms. The highest BCUT2D eigenvalue weighted by atomic mass is 79.9. The number of carbonyl (C=O) groups excluding carboxylic acids is 1. The van der Waals surface area contributed by atoms with E-state index in [2.05, 4.69) is 15.9 Å². The van der Waals surface area contributed by atoms with E-state index in [1.54, 1.807) is 4.90 Å². The third-order valence-corrected chi connectivity index (χ3v) is 4.15. The van der Waals surface area contributed by atoms with E-state index >= 15 is 0 Å². The number of hydrogen-bond donors (Lipinski definition) is 0. The van der Waals surface area contributed by atoms with E-state index in [0.717, 1.165) is 12.8 Å². The summed E-state index contributed by atoms with van der Waals surface area (Å²) in [4.78, 5) is 13.9. The molecule has 0 bridgehead atoms. The normalized spacial score (nSPS) is 29.2. The molecule has 1 saturated heterocycles. The van der Waals surface area contributed by atoms with Crippen molar-refractivity contribution >= 4 is 22.0 Å². The van der Waals surface area contributed by atoms with Crippen molar-refractivity contribution in [2.45, 2.75) is 62.7 Å². The van der Waals surface area contributed by atoms with Crippen molar-refractivity contribution < 1.29 is 14.3 Å². The van der Waals surface area contributed by atoms with Crippen molar-refractivity contribution in [3.8, 4) is 0 Å². The summed E-state index contributed by atoms with van der Waals surface area (Å²) in [6.07, 6.45) is 3.83. The number of alkyl halides is 1. The van der Waals surface area contributed by atoms with Crippen LogP contribution in [0.15, 0.2) is 0 Å². The molecule has 18 heavy (non-hydrogen) atoms. The lowest BCUT2D eigenvalue weighted by atomic mass is 9.96. The standard InChI is InChI=1S/C13H22BrNO3/c1-13(2,3)18-12(16)15-7-10(14)11(8-15)17-9-5-4-6-9/h9-11H,4-8H2,1-3H3. The molecule has 2 unspecified atom stereocenters. The lowest BCUT2D eigenvalue weighted by Crippen LogP contribution is -2.37. The quantitative estimate of drug-likeness (QED) is 0.734. The SMILES string of the molecule is CC(C)(C)OC(=O)N1CC(Br)C(OC2CCC2)C1. The molecular formula is C13H22BrNO3. The van der Waals surface area contributed by atoms with E-state index in [4.69, 9.17) is 9.47 Å². The molecule has 0 aromatic heterocycles. The van der Waals surface area contributed by atoms with Gasteiger partial charge in [-0.2, -0.15) is 0 Å². The van der Waals surface area contributed by atoms with E-state index in [9.17, 15) is 4.79 Å². The fourth-order valence-corrected chi connectivity index (χ4v) is 2.73. The highest BCUT2D eigenvalue weighted by molar-refractivity contribution is 9.09. The highest BCUT2D eigenvalue weighted by Gasteiger charge is 2.38. The monoisotopic (exact) mass is 319 g/mol. The Morgan fingerprint density at radius 2 is 1.94 bits per heavy atom. The average molecular weight is 320 g/mol. The molecule has 0 radical (unpaired) electrons. The molecule has 2 atom stereocenters. The van der Waals surface area contributed by atoms with Gasteiger partial charge in [0.1, 0.15) is 5.60 Å². The average Bonchev–Trinajstić information content (AvgIpc) is 2.51. The summed E-state index contributed by atoms with van der Waals surface area (Å²) >= 11 is 3.60. The van der Waals surface area contributed by atoms with Crippen LogP contribution >= 0.6 is 15.9 Å². The molecule has 5 heteroatoms. The summed E-state index contributed by atoms with van der Waals surface area (Å²) in [5.74, 6) is 0. The third kappa shape index (κ3) is 3.60. The first-order valence-electron chi connectivity index (χ1n) is 6.62. The lowest BCUT2D eigenvalue weighted by Gasteiger charge is -2.30. The Labute approximate surface area is 117 Å². The summed E-state index contributed by atoms with van der Waals surface area (Å²) in [5, 5.41) is 0. The zero-order valence-corrected chi connectivity index (χ0v) is 12.9. The fourth-order valence-electron chi connectivity index (χ4n) is 2.09. The van der Waals surface area contributed by atoms with E-state index in [-0.39, 0.29) is 17.0 Å². The number of ether oxygens (including phenoxy) is 2. The van der Waals surface area contributed by atoms with Crippen LogP contribution in [-0.2, 0) is 9.47 Å². The largest absolute Gasteiger partial charge is 0.444 e. The predicted molar refractivity (Wildman–Crippen MR) is 73.0 cm³/mol. The first-order valence-corrected chi connectivity index (χ1v) is 7.54. The van der Waals surface area contributed by atoms with Crippen LogP contribution in [0.2, 0.25) is 0 Å². The van der Waals surface area contributed by atoms with Gasteiger partial charge in [-0.3, -0.25) is 0 Å². The number of hydrogen-bond acceptors (Lipinski definition) is 3. The first-order chi connectivity index (χ1) is 8.35. The van der Waals surface area contributed by atoms with Gasteiger partial charge in [0.15, 0.2) is 0 Å². The molecule has 2 aliphatic rings.